The van der Waals surface area contributed by atoms with E-state index in [1.54, 1.807) is 12.1 Å². The van der Waals surface area contributed by atoms with E-state index in [-0.39, 0.29) is 17.5 Å². The predicted molar refractivity (Wildman–Crippen MR) is 59.8 cm³/mol. The third kappa shape index (κ3) is 2.58. The van der Waals surface area contributed by atoms with Crippen LogP contribution in [0.1, 0.15) is 23.2 Å². The molecule has 86 valence electrons. The van der Waals surface area contributed by atoms with E-state index in [2.05, 4.69) is 10.6 Å². The molecular formula is C12H15FN2O. The summed E-state index contributed by atoms with van der Waals surface area (Å²) in [6.45, 7) is 1.76. The summed E-state index contributed by atoms with van der Waals surface area (Å²) in [5.41, 5.74) is 0.119. The Bertz CT molecular complexity index is 375. The first-order valence-electron chi connectivity index (χ1n) is 5.53. The van der Waals surface area contributed by atoms with Crippen molar-refractivity contribution in [2.45, 2.75) is 18.9 Å². The fourth-order valence-electron chi connectivity index (χ4n) is 1.88. The lowest BCUT2D eigenvalue weighted by Crippen LogP contribution is -2.45. The zero-order valence-corrected chi connectivity index (χ0v) is 9.00. The zero-order chi connectivity index (χ0) is 11.4. The van der Waals surface area contributed by atoms with E-state index < -0.39 is 5.82 Å². The molecule has 1 aliphatic heterocycles. The Balaban J connectivity index is 2.00. The van der Waals surface area contributed by atoms with Crippen molar-refractivity contribution in [2.24, 2.45) is 0 Å². The maximum absolute atomic E-state index is 13.3. The van der Waals surface area contributed by atoms with Gasteiger partial charge in [0, 0.05) is 12.6 Å². The molecule has 1 fully saturated rings. The molecule has 1 atom stereocenters. The topological polar surface area (TPSA) is 41.1 Å². The number of carbonyl (C=O) groups is 1. The molecule has 1 amide bonds. The van der Waals surface area contributed by atoms with Gasteiger partial charge in [-0.1, -0.05) is 12.1 Å². The minimum absolute atomic E-state index is 0.112. The highest BCUT2D eigenvalue weighted by Gasteiger charge is 2.17. The number of hydrogen-bond donors (Lipinski definition) is 2. The third-order valence-electron chi connectivity index (χ3n) is 2.75. The molecule has 2 rings (SSSR count). The minimum atomic E-state index is -0.469. The van der Waals surface area contributed by atoms with E-state index in [1.807, 2.05) is 0 Å². The van der Waals surface area contributed by atoms with Gasteiger partial charge in [-0.25, -0.2) is 4.39 Å². The average Bonchev–Trinajstić information content (AvgIpc) is 2.31. The molecule has 1 saturated heterocycles. The summed E-state index contributed by atoms with van der Waals surface area (Å²) in [5.74, 6) is -0.796. The van der Waals surface area contributed by atoms with E-state index in [0.29, 0.717) is 0 Å². The molecule has 0 aliphatic carbocycles. The SMILES string of the molecule is O=C(N[C@@H]1CCCNC1)c1ccccc1F. The third-order valence-corrected chi connectivity index (χ3v) is 2.75. The first-order chi connectivity index (χ1) is 7.77. The van der Waals surface area contributed by atoms with Crippen LogP contribution in [0.3, 0.4) is 0 Å². The van der Waals surface area contributed by atoms with Gasteiger partial charge in [0.25, 0.3) is 5.91 Å². The molecule has 3 nitrogen and oxygen atoms in total. The van der Waals surface area contributed by atoms with Crippen LogP contribution in [0.15, 0.2) is 24.3 Å². The predicted octanol–water partition coefficient (Wildman–Crippen LogP) is 1.31. The summed E-state index contributed by atoms with van der Waals surface area (Å²) in [6.07, 6.45) is 2.00. The van der Waals surface area contributed by atoms with Crippen molar-refractivity contribution in [1.82, 2.24) is 10.6 Å². The summed E-state index contributed by atoms with van der Waals surface area (Å²) in [7, 11) is 0. The Morgan fingerprint density at radius 1 is 1.44 bits per heavy atom. The summed E-state index contributed by atoms with van der Waals surface area (Å²) < 4.78 is 13.3. The molecule has 0 saturated carbocycles. The van der Waals surface area contributed by atoms with Gasteiger partial charge in [0.05, 0.1) is 5.56 Å². The minimum Gasteiger partial charge on any atom is -0.348 e. The van der Waals surface area contributed by atoms with Crippen LogP contribution in [0.25, 0.3) is 0 Å². The largest absolute Gasteiger partial charge is 0.348 e. The van der Waals surface area contributed by atoms with Crippen molar-refractivity contribution in [3.8, 4) is 0 Å². The number of rotatable bonds is 2. The van der Waals surface area contributed by atoms with Gasteiger partial charge < -0.3 is 10.6 Å². The lowest BCUT2D eigenvalue weighted by Gasteiger charge is -2.23. The van der Waals surface area contributed by atoms with Crippen molar-refractivity contribution >= 4 is 5.91 Å². The van der Waals surface area contributed by atoms with Crippen molar-refractivity contribution in [3.05, 3.63) is 35.6 Å². The highest BCUT2D eigenvalue weighted by molar-refractivity contribution is 5.94. The van der Waals surface area contributed by atoms with Gasteiger partial charge in [0.1, 0.15) is 5.82 Å². The molecule has 16 heavy (non-hydrogen) atoms. The van der Waals surface area contributed by atoms with Gasteiger partial charge in [-0.05, 0) is 31.5 Å². The van der Waals surface area contributed by atoms with Crippen LogP contribution >= 0.6 is 0 Å². The Labute approximate surface area is 94.0 Å². The number of piperidine rings is 1. The summed E-state index contributed by atoms with van der Waals surface area (Å²) in [5, 5.41) is 6.03. The number of carbonyl (C=O) groups excluding carboxylic acids is 1. The van der Waals surface area contributed by atoms with Gasteiger partial charge >= 0.3 is 0 Å². The molecule has 1 heterocycles. The molecule has 1 aromatic carbocycles. The molecule has 0 unspecified atom stereocenters. The summed E-state index contributed by atoms with van der Waals surface area (Å²) in [4.78, 5) is 11.8. The fraction of sp³-hybridized carbons (Fsp3) is 0.417. The number of halogens is 1. The number of hydrogen-bond acceptors (Lipinski definition) is 2. The molecule has 4 heteroatoms. The van der Waals surface area contributed by atoms with Gasteiger partial charge in [0.2, 0.25) is 0 Å². The summed E-state index contributed by atoms with van der Waals surface area (Å²) >= 11 is 0. The molecule has 0 aromatic heterocycles. The monoisotopic (exact) mass is 222 g/mol. The number of benzene rings is 1. The van der Waals surface area contributed by atoms with Gasteiger partial charge in [-0.3, -0.25) is 4.79 Å². The molecule has 2 N–H and O–H groups in total. The van der Waals surface area contributed by atoms with Crippen LogP contribution in [0.2, 0.25) is 0 Å². The molecule has 0 spiro atoms. The van der Waals surface area contributed by atoms with E-state index in [1.165, 1.54) is 12.1 Å². The second-order valence-corrected chi connectivity index (χ2v) is 4.00. The van der Waals surface area contributed by atoms with Crippen molar-refractivity contribution in [1.29, 1.82) is 0 Å². The molecule has 1 aromatic rings. The van der Waals surface area contributed by atoms with E-state index >= 15 is 0 Å². The Morgan fingerprint density at radius 2 is 2.25 bits per heavy atom. The second-order valence-electron chi connectivity index (χ2n) is 4.00. The van der Waals surface area contributed by atoms with Crippen molar-refractivity contribution in [2.75, 3.05) is 13.1 Å². The maximum atomic E-state index is 13.3. The van der Waals surface area contributed by atoms with E-state index in [9.17, 15) is 9.18 Å². The van der Waals surface area contributed by atoms with Gasteiger partial charge in [-0.15, -0.1) is 0 Å². The number of nitrogens with one attached hydrogen (secondary N) is 2. The fourth-order valence-corrected chi connectivity index (χ4v) is 1.88. The second kappa shape index (κ2) is 5.07. The van der Waals surface area contributed by atoms with Crippen LogP contribution in [0.4, 0.5) is 4.39 Å². The van der Waals surface area contributed by atoms with E-state index in [0.717, 1.165) is 25.9 Å². The zero-order valence-electron chi connectivity index (χ0n) is 9.00. The first-order valence-corrected chi connectivity index (χ1v) is 5.53. The van der Waals surface area contributed by atoms with Crippen molar-refractivity contribution in [3.63, 3.8) is 0 Å². The first kappa shape index (κ1) is 11.1. The molecule has 0 radical (unpaired) electrons. The van der Waals surface area contributed by atoms with Crippen LogP contribution in [-0.4, -0.2) is 25.0 Å². The smallest absolute Gasteiger partial charge is 0.254 e. The van der Waals surface area contributed by atoms with Crippen LogP contribution in [-0.2, 0) is 0 Å². The maximum Gasteiger partial charge on any atom is 0.254 e. The standard InChI is InChI=1S/C12H15FN2O/c13-11-6-2-1-5-10(11)12(16)15-9-4-3-7-14-8-9/h1-2,5-6,9,14H,3-4,7-8H2,(H,15,16)/t9-/m1/s1. The molecule has 1 aliphatic rings. The van der Waals surface area contributed by atoms with Crippen LogP contribution < -0.4 is 10.6 Å². The van der Waals surface area contributed by atoms with Crippen LogP contribution in [0, 0.1) is 5.82 Å². The lowest BCUT2D eigenvalue weighted by molar-refractivity contribution is 0.0926. The van der Waals surface area contributed by atoms with E-state index in [4.69, 9.17) is 0 Å². The lowest BCUT2D eigenvalue weighted by atomic mass is 10.1. The quantitative estimate of drug-likeness (QED) is 0.792. The Hall–Kier alpha value is -1.42. The van der Waals surface area contributed by atoms with Crippen LogP contribution in [0.5, 0.6) is 0 Å². The summed E-state index contributed by atoms with van der Waals surface area (Å²) in [6, 6.07) is 6.15. The highest BCUT2D eigenvalue weighted by atomic mass is 19.1. The Morgan fingerprint density at radius 3 is 2.94 bits per heavy atom. The Kier molecular flexibility index (Phi) is 3.51. The highest BCUT2D eigenvalue weighted by Crippen LogP contribution is 2.08. The normalized spacial score (nSPS) is 20.4. The molecule has 0 bridgehead atoms. The molecular weight excluding hydrogens is 207 g/mol. The van der Waals surface area contributed by atoms with Gasteiger partial charge in [-0.2, -0.15) is 0 Å². The number of amides is 1. The van der Waals surface area contributed by atoms with Gasteiger partial charge in [0.15, 0.2) is 0 Å². The average molecular weight is 222 g/mol. The van der Waals surface area contributed by atoms with Crippen molar-refractivity contribution < 1.29 is 9.18 Å².